The van der Waals surface area contributed by atoms with Crippen molar-refractivity contribution in [3.05, 3.63) is 29.8 Å². The van der Waals surface area contributed by atoms with Crippen LogP contribution in [0.4, 0.5) is 10.5 Å². The van der Waals surface area contributed by atoms with Gasteiger partial charge in [-0.05, 0) is 49.9 Å². The minimum atomic E-state index is 0.0292. The van der Waals surface area contributed by atoms with Crippen molar-refractivity contribution in [3.63, 3.8) is 0 Å². The molecule has 1 saturated heterocycles. The first-order valence-corrected chi connectivity index (χ1v) is 7.65. The minimum Gasteiger partial charge on any atom is -0.325 e. The first-order valence-electron chi connectivity index (χ1n) is 7.65. The second-order valence-corrected chi connectivity index (χ2v) is 5.35. The summed E-state index contributed by atoms with van der Waals surface area (Å²) in [5, 5.41) is 6.34. The van der Waals surface area contributed by atoms with Crippen LogP contribution in [0.1, 0.15) is 38.2 Å². The van der Waals surface area contributed by atoms with E-state index in [9.17, 15) is 4.79 Å². The number of rotatable bonds is 5. The van der Waals surface area contributed by atoms with Gasteiger partial charge < -0.3 is 15.5 Å². The van der Waals surface area contributed by atoms with Gasteiger partial charge in [-0.25, -0.2) is 4.79 Å². The van der Waals surface area contributed by atoms with E-state index < -0.39 is 0 Å². The number of likely N-dealkylation sites (tertiary alicyclic amines) is 1. The highest BCUT2D eigenvalue weighted by Crippen LogP contribution is 2.13. The summed E-state index contributed by atoms with van der Waals surface area (Å²) in [6, 6.07) is 8.11. The fourth-order valence-electron chi connectivity index (χ4n) is 2.41. The summed E-state index contributed by atoms with van der Waals surface area (Å²) in [6.45, 7) is 5.84. The molecule has 0 saturated carbocycles. The number of piperidine rings is 1. The van der Waals surface area contributed by atoms with Crippen LogP contribution in [0.3, 0.4) is 0 Å². The third-order valence-corrected chi connectivity index (χ3v) is 3.60. The molecule has 4 nitrogen and oxygen atoms in total. The van der Waals surface area contributed by atoms with E-state index in [4.69, 9.17) is 0 Å². The molecule has 1 aliphatic rings. The van der Waals surface area contributed by atoms with Gasteiger partial charge in [0.15, 0.2) is 0 Å². The fourth-order valence-corrected chi connectivity index (χ4v) is 2.41. The molecule has 0 unspecified atom stereocenters. The van der Waals surface area contributed by atoms with Crippen molar-refractivity contribution < 1.29 is 4.79 Å². The Morgan fingerprint density at radius 3 is 2.50 bits per heavy atom. The average molecular weight is 275 g/mol. The summed E-state index contributed by atoms with van der Waals surface area (Å²) in [5.41, 5.74) is 2.12. The van der Waals surface area contributed by atoms with E-state index in [1.807, 2.05) is 17.0 Å². The fraction of sp³-hybridized carbons (Fsp3) is 0.562. The Kier molecular flexibility index (Phi) is 5.87. The smallest absolute Gasteiger partial charge is 0.321 e. The molecule has 1 fully saturated rings. The number of anilines is 1. The van der Waals surface area contributed by atoms with Crippen molar-refractivity contribution >= 4 is 11.7 Å². The minimum absolute atomic E-state index is 0.0292. The highest BCUT2D eigenvalue weighted by Gasteiger charge is 2.16. The predicted octanol–water partition coefficient (Wildman–Crippen LogP) is 3.20. The Bertz CT molecular complexity index is 410. The molecule has 20 heavy (non-hydrogen) atoms. The zero-order chi connectivity index (χ0) is 14.2. The number of nitrogens with one attached hydrogen (secondary N) is 2. The third-order valence-electron chi connectivity index (χ3n) is 3.60. The zero-order valence-corrected chi connectivity index (χ0v) is 12.3. The summed E-state index contributed by atoms with van der Waals surface area (Å²) >= 11 is 0. The van der Waals surface area contributed by atoms with Gasteiger partial charge in [0.1, 0.15) is 0 Å². The van der Waals surface area contributed by atoms with Crippen LogP contribution in [-0.4, -0.2) is 30.6 Å². The van der Waals surface area contributed by atoms with Gasteiger partial charge in [0.25, 0.3) is 0 Å². The second kappa shape index (κ2) is 7.90. The first-order chi connectivity index (χ1) is 9.79. The topological polar surface area (TPSA) is 44.4 Å². The van der Waals surface area contributed by atoms with E-state index >= 15 is 0 Å². The highest BCUT2D eigenvalue weighted by molar-refractivity contribution is 5.89. The van der Waals surface area contributed by atoms with Crippen molar-refractivity contribution in [1.29, 1.82) is 0 Å². The Morgan fingerprint density at radius 1 is 1.15 bits per heavy atom. The number of hydrogen-bond acceptors (Lipinski definition) is 2. The summed E-state index contributed by atoms with van der Waals surface area (Å²) in [5.74, 6) is 0. The third kappa shape index (κ3) is 4.53. The van der Waals surface area contributed by atoms with Crippen LogP contribution in [-0.2, 0) is 6.54 Å². The molecule has 4 heteroatoms. The van der Waals surface area contributed by atoms with Crippen LogP contribution in [0.25, 0.3) is 0 Å². The largest absolute Gasteiger partial charge is 0.325 e. The number of carbonyl (C=O) groups excluding carboxylic acids is 1. The molecular weight excluding hydrogens is 250 g/mol. The lowest BCUT2D eigenvalue weighted by atomic mass is 10.1. The van der Waals surface area contributed by atoms with Gasteiger partial charge in [0.2, 0.25) is 0 Å². The second-order valence-electron chi connectivity index (χ2n) is 5.35. The Hall–Kier alpha value is -1.55. The number of benzene rings is 1. The molecule has 1 aromatic carbocycles. The Morgan fingerprint density at radius 2 is 1.85 bits per heavy atom. The molecule has 1 heterocycles. The van der Waals surface area contributed by atoms with Gasteiger partial charge in [-0.15, -0.1) is 0 Å². The lowest BCUT2D eigenvalue weighted by molar-refractivity contribution is 0.200. The first kappa shape index (κ1) is 14.9. The molecule has 0 atom stereocenters. The molecule has 2 amide bonds. The molecule has 110 valence electrons. The molecular formula is C16H25N3O. The van der Waals surface area contributed by atoms with E-state index in [-0.39, 0.29) is 6.03 Å². The summed E-state index contributed by atoms with van der Waals surface area (Å²) in [6.07, 6.45) is 4.62. The van der Waals surface area contributed by atoms with Crippen LogP contribution in [0.15, 0.2) is 24.3 Å². The van der Waals surface area contributed by atoms with Crippen LogP contribution in [0.2, 0.25) is 0 Å². The number of carbonyl (C=O) groups is 1. The monoisotopic (exact) mass is 275 g/mol. The summed E-state index contributed by atoms with van der Waals surface area (Å²) in [7, 11) is 0. The van der Waals surface area contributed by atoms with Gasteiger partial charge in [-0.3, -0.25) is 0 Å². The van der Waals surface area contributed by atoms with Gasteiger partial charge in [-0.1, -0.05) is 19.1 Å². The van der Waals surface area contributed by atoms with Crippen molar-refractivity contribution in [2.75, 3.05) is 25.0 Å². The number of amides is 2. The lowest BCUT2D eigenvalue weighted by Crippen LogP contribution is -2.38. The molecule has 0 spiro atoms. The molecule has 1 aliphatic heterocycles. The molecule has 0 radical (unpaired) electrons. The molecule has 0 aliphatic carbocycles. The molecule has 0 aromatic heterocycles. The SMILES string of the molecule is CCCNCc1ccc(NC(=O)N2CCCCC2)cc1. The van der Waals surface area contributed by atoms with E-state index in [0.29, 0.717) is 0 Å². The Labute approximate surface area is 121 Å². The maximum absolute atomic E-state index is 12.1. The molecule has 1 aromatic rings. The lowest BCUT2D eigenvalue weighted by Gasteiger charge is -2.26. The van der Waals surface area contributed by atoms with Crippen molar-refractivity contribution in [2.24, 2.45) is 0 Å². The van der Waals surface area contributed by atoms with Crippen LogP contribution in [0, 0.1) is 0 Å². The van der Waals surface area contributed by atoms with Gasteiger partial charge >= 0.3 is 6.03 Å². The van der Waals surface area contributed by atoms with Crippen molar-refractivity contribution in [1.82, 2.24) is 10.2 Å². The van der Waals surface area contributed by atoms with Crippen molar-refractivity contribution in [3.8, 4) is 0 Å². The molecule has 2 N–H and O–H groups in total. The van der Waals surface area contributed by atoms with Gasteiger partial charge in [0, 0.05) is 25.3 Å². The Balaban J connectivity index is 1.81. The van der Waals surface area contributed by atoms with Crippen LogP contribution in [0.5, 0.6) is 0 Å². The van der Waals surface area contributed by atoms with E-state index in [1.54, 1.807) is 0 Å². The maximum atomic E-state index is 12.1. The quantitative estimate of drug-likeness (QED) is 0.810. The van der Waals surface area contributed by atoms with Crippen LogP contribution < -0.4 is 10.6 Å². The number of nitrogens with zero attached hydrogens (tertiary/aromatic N) is 1. The van der Waals surface area contributed by atoms with Gasteiger partial charge in [0.05, 0.1) is 0 Å². The predicted molar refractivity (Wildman–Crippen MR) is 82.9 cm³/mol. The zero-order valence-electron chi connectivity index (χ0n) is 12.3. The van der Waals surface area contributed by atoms with E-state index in [2.05, 4.69) is 29.7 Å². The number of urea groups is 1. The standard InChI is InChI=1S/C16H25N3O/c1-2-10-17-13-14-6-8-15(9-7-14)18-16(20)19-11-4-3-5-12-19/h6-9,17H,2-5,10-13H2,1H3,(H,18,20). The summed E-state index contributed by atoms with van der Waals surface area (Å²) < 4.78 is 0. The van der Waals surface area contributed by atoms with E-state index in [1.165, 1.54) is 12.0 Å². The highest BCUT2D eigenvalue weighted by atomic mass is 16.2. The maximum Gasteiger partial charge on any atom is 0.321 e. The van der Waals surface area contributed by atoms with Crippen molar-refractivity contribution in [2.45, 2.75) is 39.2 Å². The average Bonchev–Trinajstić information content (AvgIpc) is 2.50. The van der Waals surface area contributed by atoms with Crippen LogP contribution >= 0.6 is 0 Å². The summed E-state index contributed by atoms with van der Waals surface area (Å²) in [4.78, 5) is 14.0. The normalized spacial score (nSPS) is 15.2. The molecule has 2 rings (SSSR count). The molecule has 0 bridgehead atoms. The number of hydrogen-bond donors (Lipinski definition) is 2. The van der Waals surface area contributed by atoms with E-state index in [0.717, 1.165) is 51.1 Å². The van der Waals surface area contributed by atoms with Gasteiger partial charge in [-0.2, -0.15) is 0 Å².